The molecule has 2 heterocycles. The molecule has 0 radical (unpaired) electrons. The Balaban J connectivity index is 1.78. The topological polar surface area (TPSA) is 101 Å². The molecular formula is C34H55NO8Si. The van der Waals surface area contributed by atoms with Crippen molar-refractivity contribution in [3.8, 4) is 0 Å². The van der Waals surface area contributed by atoms with Crippen molar-refractivity contribution in [2.24, 2.45) is 22.7 Å². The summed E-state index contributed by atoms with van der Waals surface area (Å²) in [5, 5.41) is 0.0108. The molecule has 248 valence electrons. The zero-order valence-electron chi connectivity index (χ0n) is 28.5. The molecule has 44 heavy (non-hydrogen) atoms. The Morgan fingerprint density at radius 2 is 1.77 bits per heavy atom. The van der Waals surface area contributed by atoms with E-state index >= 15 is 0 Å². The molecule has 0 N–H and O–H groups in total. The molecule has 0 bridgehead atoms. The minimum atomic E-state index is -2.16. The van der Waals surface area contributed by atoms with Crippen molar-refractivity contribution in [3.63, 3.8) is 0 Å². The third kappa shape index (κ3) is 6.88. The molecule has 0 unspecified atom stereocenters. The fraction of sp³-hybridized carbons (Fsp3) is 0.794. The van der Waals surface area contributed by atoms with Crippen LogP contribution in [0.3, 0.4) is 0 Å². The molecule has 2 saturated carbocycles. The second-order valence-corrected chi connectivity index (χ2v) is 20.2. The molecule has 9 nitrogen and oxygen atoms in total. The minimum absolute atomic E-state index is 0.00688. The van der Waals surface area contributed by atoms with Gasteiger partial charge in [-0.3, -0.25) is 14.5 Å². The lowest BCUT2D eigenvalue weighted by atomic mass is 9.45. The molecule has 0 aromatic heterocycles. The van der Waals surface area contributed by atoms with Crippen molar-refractivity contribution >= 4 is 26.2 Å². The number of rotatable bonds is 9. The van der Waals surface area contributed by atoms with Crippen LogP contribution in [-0.4, -0.2) is 88.9 Å². The molecule has 3 fully saturated rings. The molecule has 0 aromatic carbocycles. The predicted molar refractivity (Wildman–Crippen MR) is 170 cm³/mol. The van der Waals surface area contributed by atoms with E-state index in [1.807, 2.05) is 6.08 Å². The monoisotopic (exact) mass is 633 g/mol. The Kier molecular flexibility index (Phi) is 10.3. The van der Waals surface area contributed by atoms with Crippen molar-refractivity contribution < 1.29 is 37.8 Å². The van der Waals surface area contributed by atoms with Gasteiger partial charge in [0, 0.05) is 45.0 Å². The van der Waals surface area contributed by atoms with Gasteiger partial charge in [-0.15, -0.1) is 0 Å². The van der Waals surface area contributed by atoms with Gasteiger partial charge in [-0.25, -0.2) is 4.79 Å². The number of nitrogens with zero attached hydrogens (tertiary/aromatic N) is 1. The summed E-state index contributed by atoms with van der Waals surface area (Å²) in [6.07, 6.45) is 3.80. The molecule has 2 aliphatic heterocycles. The summed E-state index contributed by atoms with van der Waals surface area (Å²) in [6.45, 7) is 26.5. The van der Waals surface area contributed by atoms with Crippen LogP contribution in [0.4, 0.5) is 0 Å². The Morgan fingerprint density at radius 1 is 1.14 bits per heavy atom. The van der Waals surface area contributed by atoms with E-state index in [1.165, 1.54) is 13.8 Å². The maximum atomic E-state index is 13.0. The SMILES string of the molecule is C=C1[C@@H](OC(C)=O)C[C@@H]2[C@](C)(CO[Si](C)(C)C(C)(C)C)[C@H](OC(C)=O)CC[C@@]2(C)[C@@H]1C[C@H](C1=CCOC1=O)N1CCOCC1. The maximum absolute atomic E-state index is 13.0. The summed E-state index contributed by atoms with van der Waals surface area (Å²) >= 11 is 0. The van der Waals surface area contributed by atoms with Gasteiger partial charge < -0.3 is 23.4 Å². The first-order valence-electron chi connectivity index (χ1n) is 16.3. The standard InChI is InChI=1S/C34H55NO8Si/c1-22-26(19-27(25-12-16-40-31(25)38)35-14-17-39-18-15-35)33(7)13-11-30(43-24(3)37)34(8,21-41-44(9,10)32(4,5)6)29(33)20-28(22)42-23(2)36/h12,26-30H,1,11,13-21H2,2-10H3/t26-,27-,28+,29+,30-,33+,34+/m1/s1. The molecule has 7 atom stereocenters. The maximum Gasteiger partial charge on any atom is 0.335 e. The van der Waals surface area contributed by atoms with Crippen molar-refractivity contribution in [1.29, 1.82) is 0 Å². The van der Waals surface area contributed by atoms with Crippen LogP contribution in [0.5, 0.6) is 0 Å². The second-order valence-electron chi connectivity index (χ2n) is 15.4. The highest BCUT2D eigenvalue weighted by atomic mass is 28.4. The average molecular weight is 634 g/mol. The summed E-state index contributed by atoms with van der Waals surface area (Å²) in [5.41, 5.74) is 0.768. The summed E-state index contributed by atoms with van der Waals surface area (Å²) < 4.78 is 30.0. The Labute approximate surface area is 265 Å². The predicted octanol–water partition coefficient (Wildman–Crippen LogP) is 5.44. The number of ether oxygens (including phenoxy) is 4. The van der Waals surface area contributed by atoms with Crippen molar-refractivity contribution in [2.45, 2.75) is 111 Å². The van der Waals surface area contributed by atoms with Crippen molar-refractivity contribution in [2.75, 3.05) is 39.5 Å². The van der Waals surface area contributed by atoms with Gasteiger partial charge in [-0.05, 0) is 72.7 Å². The van der Waals surface area contributed by atoms with Crippen LogP contribution < -0.4 is 0 Å². The molecule has 4 aliphatic rings. The van der Waals surface area contributed by atoms with E-state index in [9.17, 15) is 14.4 Å². The van der Waals surface area contributed by atoms with E-state index in [2.05, 4.69) is 59.2 Å². The highest BCUT2D eigenvalue weighted by molar-refractivity contribution is 6.74. The summed E-state index contributed by atoms with van der Waals surface area (Å²) in [4.78, 5) is 40.1. The number of hydrogen-bond donors (Lipinski definition) is 0. The van der Waals surface area contributed by atoms with Crippen molar-refractivity contribution in [3.05, 3.63) is 23.8 Å². The third-order valence-electron chi connectivity index (χ3n) is 11.6. The molecule has 0 amide bonds. The number of morpholine rings is 1. The lowest BCUT2D eigenvalue weighted by Gasteiger charge is -2.62. The number of carbonyl (C=O) groups is 3. The van der Waals surface area contributed by atoms with Gasteiger partial charge >= 0.3 is 17.9 Å². The number of carbonyl (C=O) groups excluding carboxylic acids is 3. The van der Waals surface area contributed by atoms with E-state index in [1.54, 1.807) is 0 Å². The zero-order chi connectivity index (χ0) is 32.7. The van der Waals surface area contributed by atoms with Gasteiger partial charge in [0.1, 0.15) is 18.8 Å². The molecule has 0 aromatic rings. The van der Waals surface area contributed by atoms with Gasteiger partial charge in [0.15, 0.2) is 8.32 Å². The van der Waals surface area contributed by atoms with Crippen LogP contribution in [0.2, 0.25) is 18.1 Å². The Morgan fingerprint density at radius 3 is 2.32 bits per heavy atom. The van der Waals surface area contributed by atoms with Crippen LogP contribution in [0.25, 0.3) is 0 Å². The highest BCUT2D eigenvalue weighted by Crippen LogP contribution is 2.63. The van der Waals surface area contributed by atoms with Crippen LogP contribution in [0, 0.1) is 22.7 Å². The first-order chi connectivity index (χ1) is 20.4. The molecular weight excluding hydrogens is 578 g/mol. The van der Waals surface area contributed by atoms with E-state index in [0.29, 0.717) is 57.7 Å². The van der Waals surface area contributed by atoms with Gasteiger partial charge in [0.25, 0.3) is 0 Å². The first-order valence-corrected chi connectivity index (χ1v) is 19.2. The van der Waals surface area contributed by atoms with Crippen LogP contribution in [0.1, 0.15) is 74.1 Å². The van der Waals surface area contributed by atoms with E-state index < -0.39 is 19.8 Å². The van der Waals surface area contributed by atoms with Gasteiger partial charge in [-0.1, -0.05) is 41.2 Å². The summed E-state index contributed by atoms with van der Waals surface area (Å²) in [5.74, 6) is -1.00. The highest BCUT2D eigenvalue weighted by Gasteiger charge is 2.62. The average Bonchev–Trinajstić information content (AvgIpc) is 3.35. The number of hydrogen-bond acceptors (Lipinski definition) is 9. The van der Waals surface area contributed by atoms with E-state index in [-0.39, 0.29) is 58.9 Å². The Hall–Kier alpha value is -2.01. The zero-order valence-corrected chi connectivity index (χ0v) is 29.5. The summed E-state index contributed by atoms with van der Waals surface area (Å²) in [6, 6.07) is -0.176. The quantitative estimate of drug-likeness (QED) is 0.142. The number of fused-ring (bicyclic) bond motifs is 1. The van der Waals surface area contributed by atoms with Crippen molar-refractivity contribution in [1.82, 2.24) is 4.90 Å². The largest absolute Gasteiger partial charge is 0.462 e. The molecule has 4 rings (SSSR count). The normalized spacial score (nSPS) is 34.1. The van der Waals surface area contributed by atoms with E-state index in [4.69, 9.17) is 23.4 Å². The third-order valence-corrected chi connectivity index (χ3v) is 16.1. The van der Waals surface area contributed by atoms with Gasteiger partial charge in [0.05, 0.1) is 18.8 Å². The number of cyclic esters (lactones) is 1. The van der Waals surface area contributed by atoms with E-state index in [0.717, 1.165) is 12.0 Å². The van der Waals surface area contributed by atoms with Crippen LogP contribution >= 0.6 is 0 Å². The smallest absolute Gasteiger partial charge is 0.335 e. The van der Waals surface area contributed by atoms with Gasteiger partial charge in [0.2, 0.25) is 0 Å². The van der Waals surface area contributed by atoms with Crippen LogP contribution in [-0.2, 0) is 37.8 Å². The molecule has 1 saturated heterocycles. The fourth-order valence-electron chi connectivity index (χ4n) is 8.01. The van der Waals surface area contributed by atoms with Gasteiger partial charge in [-0.2, -0.15) is 0 Å². The summed E-state index contributed by atoms with van der Waals surface area (Å²) in [7, 11) is -2.16. The Bertz CT molecular complexity index is 1150. The lowest BCUT2D eigenvalue weighted by molar-refractivity contribution is -0.193. The molecule has 10 heteroatoms. The lowest BCUT2D eigenvalue weighted by Crippen LogP contribution is -2.62. The number of esters is 3. The van der Waals surface area contributed by atoms with Crippen LogP contribution in [0.15, 0.2) is 23.8 Å². The second kappa shape index (κ2) is 13.0. The fourth-order valence-corrected chi connectivity index (χ4v) is 9.11. The molecule has 0 spiro atoms. The molecule has 2 aliphatic carbocycles. The minimum Gasteiger partial charge on any atom is -0.462 e. The first kappa shape index (κ1) is 34.9.